The lowest BCUT2D eigenvalue weighted by Gasteiger charge is -2.21. The Bertz CT molecular complexity index is 475. The molecule has 1 aliphatic heterocycles. The van der Waals surface area contributed by atoms with Gasteiger partial charge in [-0.15, -0.1) is 0 Å². The summed E-state index contributed by atoms with van der Waals surface area (Å²) in [5.41, 5.74) is 1.15. The van der Waals surface area contributed by atoms with E-state index in [4.69, 9.17) is 5.26 Å². The van der Waals surface area contributed by atoms with Crippen molar-refractivity contribution in [2.45, 2.75) is 26.3 Å². The molecular formula is C14H16N2O. The van der Waals surface area contributed by atoms with Crippen molar-refractivity contribution in [2.24, 2.45) is 5.92 Å². The lowest BCUT2D eigenvalue weighted by molar-refractivity contribution is 0.0743. The fraction of sp³-hybridized carbons (Fsp3) is 0.429. The third-order valence-electron chi connectivity index (χ3n) is 3.28. The molecule has 1 amide bonds. The number of nitriles is 1. The van der Waals surface area contributed by atoms with Crippen LogP contribution in [0.2, 0.25) is 0 Å². The van der Waals surface area contributed by atoms with Gasteiger partial charge in [-0.3, -0.25) is 4.79 Å². The predicted molar refractivity (Wildman–Crippen MR) is 65.4 cm³/mol. The van der Waals surface area contributed by atoms with Gasteiger partial charge in [0, 0.05) is 18.2 Å². The molecule has 1 aliphatic rings. The first kappa shape index (κ1) is 11.7. The van der Waals surface area contributed by atoms with Gasteiger partial charge in [-0.05, 0) is 37.5 Å². The molecule has 0 bridgehead atoms. The summed E-state index contributed by atoms with van der Waals surface area (Å²) in [6, 6.07) is 9.27. The van der Waals surface area contributed by atoms with E-state index in [0.29, 0.717) is 23.1 Å². The first-order valence-corrected chi connectivity index (χ1v) is 5.93. The Balaban J connectivity index is 2.23. The number of likely N-dealkylation sites (tertiary alicyclic amines) is 1. The van der Waals surface area contributed by atoms with Crippen LogP contribution in [-0.2, 0) is 0 Å². The van der Waals surface area contributed by atoms with Crippen molar-refractivity contribution in [3.05, 3.63) is 35.4 Å². The third-order valence-corrected chi connectivity index (χ3v) is 3.28. The van der Waals surface area contributed by atoms with Crippen molar-refractivity contribution in [1.82, 2.24) is 4.90 Å². The smallest absolute Gasteiger partial charge is 0.254 e. The van der Waals surface area contributed by atoms with E-state index in [1.165, 1.54) is 0 Å². The second-order valence-corrected chi connectivity index (χ2v) is 4.84. The Hall–Kier alpha value is -1.82. The van der Waals surface area contributed by atoms with Crippen LogP contribution in [-0.4, -0.2) is 23.4 Å². The molecule has 0 aromatic heterocycles. The molecule has 0 aliphatic carbocycles. The van der Waals surface area contributed by atoms with Gasteiger partial charge in [-0.25, -0.2) is 0 Å². The number of hydrogen-bond acceptors (Lipinski definition) is 2. The largest absolute Gasteiger partial charge is 0.336 e. The van der Waals surface area contributed by atoms with Crippen molar-refractivity contribution in [3.63, 3.8) is 0 Å². The van der Waals surface area contributed by atoms with E-state index >= 15 is 0 Å². The molecule has 1 saturated heterocycles. The van der Waals surface area contributed by atoms with Gasteiger partial charge in [0.05, 0.1) is 11.6 Å². The molecule has 1 aromatic rings. The molecule has 0 N–H and O–H groups in total. The molecule has 2 unspecified atom stereocenters. The van der Waals surface area contributed by atoms with Gasteiger partial charge in [-0.2, -0.15) is 5.26 Å². The topological polar surface area (TPSA) is 44.1 Å². The number of benzene rings is 1. The standard InChI is InChI=1S/C14H16N2O/c1-10-6-11(2)16(9-10)14(17)13-5-3-4-12(7-13)8-15/h3-5,7,10-11H,6,9H2,1-2H3. The maximum absolute atomic E-state index is 12.3. The fourth-order valence-corrected chi connectivity index (χ4v) is 2.47. The summed E-state index contributed by atoms with van der Waals surface area (Å²) in [6.07, 6.45) is 1.06. The molecule has 3 heteroatoms. The second-order valence-electron chi connectivity index (χ2n) is 4.84. The van der Waals surface area contributed by atoms with Gasteiger partial charge in [0.1, 0.15) is 0 Å². The van der Waals surface area contributed by atoms with Crippen molar-refractivity contribution in [2.75, 3.05) is 6.54 Å². The molecule has 0 spiro atoms. The maximum Gasteiger partial charge on any atom is 0.254 e. The Morgan fingerprint density at radius 1 is 1.47 bits per heavy atom. The number of carbonyl (C=O) groups excluding carboxylic acids is 1. The SMILES string of the molecule is CC1CC(C)N(C(=O)c2cccc(C#N)c2)C1. The highest BCUT2D eigenvalue weighted by atomic mass is 16.2. The summed E-state index contributed by atoms with van der Waals surface area (Å²) < 4.78 is 0. The van der Waals surface area contributed by atoms with Crippen LogP contribution in [0.4, 0.5) is 0 Å². The third kappa shape index (κ3) is 2.31. The number of hydrogen-bond donors (Lipinski definition) is 0. The maximum atomic E-state index is 12.3. The van der Waals surface area contributed by atoms with Crippen LogP contribution in [0.1, 0.15) is 36.2 Å². The Labute approximate surface area is 102 Å². The Kier molecular flexibility index (Phi) is 3.14. The number of nitrogens with zero attached hydrogens (tertiary/aromatic N) is 2. The van der Waals surface area contributed by atoms with E-state index in [0.717, 1.165) is 13.0 Å². The van der Waals surface area contributed by atoms with Crippen molar-refractivity contribution < 1.29 is 4.79 Å². The Morgan fingerprint density at radius 3 is 2.82 bits per heavy atom. The lowest BCUT2D eigenvalue weighted by atomic mass is 10.1. The lowest BCUT2D eigenvalue weighted by Crippen LogP contribution is -2.33. The van der Waals surface area contributed by atoms with Gasteiger partial charge in [0.25, 0.3) is 5.91 Å². The fourth-order valence-electron chi connectivity index (χ4n) is 2.47. The number of rotatable bonds is 1. The molecule has 2 atom stereocenters. The summed E-state index contributed by atoms with van der Waals surface area (Å²) in [7, 11) is 0. The summed E-state index contributed by atoms with van der Waals surface area (Å²) in [5, 5.41) is 8.83. The number of amides is 1. The summed E-state index contributed by atoms with van der Waals surface area (Å²) >= 11 is 0. The van der Waals surface area contributed by atoms with E-state index in [9.17, 15) is 4.79 Å². The molecule has 1 aromatic carbocycles. The molecule has 3 nitrogen and oxygen atoms in total. The normalized spacial score (nSPS) is 23.5. The molecular weight excluding hydrogens is 212 g/mol. The van der Waals surface area contributed by atoms with Crippen LogP contribution < -0.4 is 0 Å². The van der Waals surface area contributed by atoms with Gasteiger partial charge >= 0.3 is 0 Å². The van der Waals surface area contributed by atoms with E-state index < -0.39 is 0 Å². The average molecular weight is 228 g/mol. The first-order valence-electron chi connectivity index (χ1n) is 5.93. The predicted octanol–water partition coefficient (Wildman–Crippen LogP) is 2.43. The minimum atomic E-state index is 0.0407. The quantitative estimate of drug-likeness (QED) is 0.741. The van der Waals surface area contributed by atoms with Gasteiger partial charge in [0.2, 0.25) is 0 Å². The van der Waals surface area contributed by atoms with Crippen molar-refractivity contribution in [3.8, 4) is 6.07 Å². The molecule has 88 valence electrons. The van der Waals surface area contributed by atoms with Crippen LogP contribution in [0.3, 0.4) is 0 Å². The minimum absolute atomic E-state index is 0.0407. The van der Waals surface area contributed by atoms with Crippen LogP contribution >= 0.6 is 0 Å². The summed E-state index contributed by atoms with van der Waals surface area (Å²) in [5.74, 6) is 0.604. The molecule has 1 fully saturated rings. The Morgan fingerprint density at radius 2 is 2.24 bits per heavy atom. The van der Waals surface area contributed by atoms with Gasteiger partial charge in [-0.1, -0.05) is 13.0 Å². The van der Waals surface area contributed by atoms with Crippen LogP contribution in [0.25, 0.3) is 0 Å². The zero-order valence-electron chi connectivity index (χ0n) is 10.2. The molecule has 0 saturated carbocycles. The highest BCUT2D eigenvalue weighted by molar-refractivity contribution is 5.95. The second kappa shape index (κ2) is 4.58. The highest BCUT2D eigenvalue weighted by Gasteiger charge is 2.30. The monoisotopic (exact) mass is 228 g/mol. The molecule has 0 radical (unpaired) electrons. The zero-order valence-corrected chi connectivity index (χ0v) is 10.2. The highest BCUT2D eigenvalue weighted by Crippen LogP contribution is 2.24. The van der Waals surface area contributed by atoms with E-state index in [-0.39, 0.29) is 5.91 Å². The molecule has 17 heavy (non-hydrogen) atoms. The van der Waals surface area contributed by atoms with E-state index in [2.05, 4.69) is 19.9 Å². The first-order chi connectivity index (χ1) is 8.11. The summed E-state index contributed by atoms with van der Waals surface area (Å²) in [6.45, 7) is 5.06. The van der Waals surface area contributed by atoms with Crippen molar-refractivity contribution in [1.29, 1.82) is 5.26 Å². The minimum Gasteiger partial charge on any atom is -0.336 e. The van der Waals surface area contributed by atoms with Crippen LogP contribution in [0, 0.1) is 17.2 Å². The number of carbonyl (C=O) groups is 1. The van der Waals surface area contributed by atoms with Gasteiger partial charge < -0.3 is 4.90 Å². The van der Waals surface area contributed by atoms with Gasteiger partial charge in [0.15, 0.2) is 0 Å². The molecule has 2 rings (SSSR count). The molecule has 1 heterocycles. The van der Waals surface area contributed by atoms with E-state index in [1.54, 1.807) is 24.3 Å². The van der Waals surface area contributed by atoms with E-state index in [1.807, 2.05) is 4.90 Å². The zero-order chi connectivity index (χ0) is 12.4. The van der Waals surface area contributed by atoms with Crippen LogP contribution in [0.15, 0.2) is 24.3 Å². The average Bonchev–Trinajstić information content (AvgIpc) is 2.67. The van der Waals surface area contributed by atoms with Crippen molar-refractivity contribution >= 4 is 5.91 Å². The summed E-state index contributed by atoms with van der Waals surface area (Å²) in [4.78, 5) is 14.2. The van der Waals surface area contributed by atoms with Crippen LogP contribution in [0.5, 0.6) is 0 Å².